The molecule has 1 aliphatic carbocycles. The minimum Gasteiger partial charge on any atom is -0.352 e. The van der Waals surface area contributed by atoms with Gasteiger partial charge in [-0.05, 0) is 79.8 Å². The molecule has 35 heavy (non-hydrogen) atoms. The summed E-state index contributed by atoms with van der Waals surface area (Å²) < 4.78 is 27.8. The summed E-state index contributed by atoms with van der Waals surface area (Å²) in [6, 6.07) is 16.5. The number of rotatable bonds is 10. The van der Waals surface area contributed by atoms with Gasteiger partial charge in [-0.15, -0.1) is 0 Å². The zero-order valence-electron chi connectivity index (χ0n) is 19.9. The van der Waals surface area contributed by atoms with Crippen molar-refractivity contribution in [3.63, 3.8) is 0 Å². The monoisotopic (exact) mass is 495 g/mol. The molecule has 2 fully saturated rings. The number of amides is 2. The van der Waals surface area contributed by atoms with E-state index < -0.39 is 10.0 Å². The molecular formula is C27H33N3O4S. The van der Waals surface area contributed by atoms with Gasteiger partial charge in [0.15, 0.2) is 0 Å². The Labute approximate surface area is 207 Å². The van der Waals surface area contributed by atoms with E-state index in [0.29, 0.717) is 25.2 Å². The van der Waals surface area contributed by atoms with Crippen LogP contribution in [-0.4, -0.2) is 50.2 Å². The van der Waals surface area contributed by atoms with Gasteiger partial charge in [0, 0.05) is 31.2 Å². The lowest BCUT2D eigenvalue weighted by molar-refractivity contribution is -0.117. The van der Waals surface area contributed by atoms with Crippen LogP contribution in [0, 0.1) is 11.8 Å². The SMILES string of the molecule is C=CC(=O)NC1CC2CN(S(=O)(=O)c3ccc(C(=O)NCCCCc4ccccc4)cc3)CC2C1. The van der Waals surface area contributed by atoms with Crippen LogP contribution in [0.25, 0.3) is 0 Å². The Morgan fingerprint density at radius 3 is 2.26 bits per heavy atom. The molecule has 0 aromatic heterocycles. The van der Waals surface area contributed by atoms with Crippen LogP contribution >= 0.6 is 0 Å². The van der Waals surface area contributed by atoms with E-state index in [9.17, 15) is 18.0 Å². The second-order valence-corrected chi connectivity index (χ2v) is 11.4. The highest BCUT2D eigenvalue weighted by Crippen LogP contribution is 2.40. The Balaban J connectivity index is 1.24. The highest BCUT2D eigenvalue weighted by atomic mass is 32.2. The summed E-state index contributed by atoms with van der Waals surface area (Å²) in [6.07, 6.45) is 5.66. The molecule has 0 radical (unpaired) electrons. The third-order valence-electron chi connectivity index (χ3n) is 7.02. The first-order chi connectivity index (χ1) is 16.9. The van der Waals surface area contributed by atoms with Crippen LogP contribution in [0.15, 0.2) is 72.1 Å². The standard InChI is InChI=1S/C27H33N3O4S/c1-2-26(31)29-24-16-22-18-30(19-23(22)17-24)35(33,34)25-13-11-21(12-14-25)27(32)28-15-7-6-10-20-8-4-3-5-9-20/h2-5,8-9,11-14,22-24H,1,6-7,10,15-19H2,(H,28,32)(H,29,31). The number of aryl methyl sites for hydroxylation is 1. The van der Waals surface area contributed by atoms with E-state index in [1.807, 2.05) is 18.2 Å². The van der Waals surface area contributed by atoms with Crippen LogP contribution in [0.3, 0.4) is 0 Å². The highest BCUT2D eigenvalue weighted by molar-refractivity contribution is 7.89. The molecule has 2 amide bonds. The molecule has 8 heteroatoms. The Morgan fingerprint density at radius 1 is 0.971 bits per heavy atom. The maximum atomic E-state index is 13.2. The van der Waals surface area contributed by atoms with E-state index in [-0.39, 0.29) is 34.6 Å². The van der Waals surface area contributed by atoms with E-state index in [2.05, 4.69) is 29.3 Å². The predicted molar refractivity (Wildman–Crippen MR) is 135 cm³/mol. The molecular weight excluding hydrogens is 462 g/mol. The minimum absolute atomic E-state index is 0.0801. The van der Waals surface area contributed by atoms with Gasteiger partial charge in [-0.25, -0.2) is 8.42 Å². The molecule has 2 N–H and O–H groups in total. The summed E-state index contributed by atoms with van der Waals surface area (Å²) in [5.74, 6) is 0.103. The van der Waals surface area contributed by atoms with Crippen molar-refractivity contribution in [1.29, 1.82) is 0 Å². The third kappa shape index (κ3) is 6.18. The number of unbranched alkanes of at least 4 members (excludes halogenated alkanes) is 1. The lowest BCUT2D eigenvalue weighted by Gasteiger charge is -2.19. The fourth-order valence-electron chi connectivity index (χ4n) is 5.16. The first-order valence-electron chi connectivity index (χ1n) is 12.2. The number of nitrogens with one attached hydrogen (secondary N) is 2. The summed E-state index contributed by atoms with van der Waals surface area (Å²) in [5, 5.41) is 5.84. The fourth-order valence-corrected chi connectivity index (χ4v) is 6.71. The van der Waals surface area contributed by atoms with Crippen molar-refractivity contribution >= 4 is 21.8 Å². The number of hydrogen-bond donors (Lipinski definition) is 2. The van der Waals surface area contributed by atoms with Crippen molar-refractivity contribution < 1.29 is 18.0 Å². The molecule has 4 rings (SSSR count). The van der Waals surface area contributed by atoms with Gasteiger partial charge in [0.05, 0.1) is 4.90 Å². The van der Waals surface area contributed by atoms with Crippen molar-refractivity contribution in [2.75, 3.05) is 19.6 Å². The van der Waals surface area contributed by atoms with E-state index >= 15 is 0 Å². The molecule has 1 saturated heterocycles. The van der Waals surface area contributed by atoms with Crippen LogP contribution in [0.2, 0.25) is 0 Å². The first-order valence-corrected chi connectivity index (χ1v) is 13.7. The summed E-state index contributed by atoms with van der Waals surface area (Å²) in [4.78, 5) is 24.2. The molecule has 7 nitrogen and oxygen atoms in total. The van der Waals surface area contributed by atoms with Crippen LogP contribution in [0.1, 0.15) is 41.6 Å². The number of benzene rings is 2. The molecule has 1 heterocycles. The number of sulfonamides is 1. The summed E-state index contributed by atoms with van der Waals surface area (Å²) >= 11 is 0. The normalized spacial score (nSPS) is 21.9. The van der Waals surface area contributed by atoms with Gasteiger partial charge >= 0.3 is 0 Å². The van der Waals surface area contributed by atoms with Crippen molar-refractivity contribution in [2.45, 2.75) is 43.0 Å². The maximum absolute atomic E-state index is 13.2. The predicted octanol–water partition coefficient (Wildman–Crippen LogP) is 3.14. The van der Waals surface area contributed by atoms with Gasteiger partial charge in [0.2, 0.25) is 15.9 Å². The van der Waals surface area contributed by atoms with Crippen molar-refractivity contribution in [3.8, 4) is 0 Å². The lowest BCUT2D eigenvalue weighted by atomic mass is 10.0. The van der Waals surface area contributed by atoms with E-state index in [4.69, 9.17) is 0 Å². The zero-order valence-corrected chi connectivity index (χ0v) is 20.7. The number of carbonyl (C=O) groups is 2. The second-order valence-electron chi connectivity index (χ2n) is 9.45. The van der Waals surface area contributed by atoms with Gasteiger partial charge in [-0.1, -0.05) is 36.9 Å². The largest absolute Gasteiger partial charge is 0.352 e. The Morgan fingerprint density at radius 2 is 1.63 bits per heavy atom. The van der Waals surface area contributed by atoms with Gasteiger partial charge < -0.3 is 10.6 Å². The third-order valence-corrected chi connectivity index (χ3v) is 8.87. The average molecular weight is 496 g/mol. The Kier molecular flexibility index (Phi) is 8.03. The lowest BCUT2D eigenvalue weighted by Crippen LogP contribution is -2.35. The van der Waals surface area contributed by atoms with Crippen molar-refractivity contribution in [3.05, 3.63) is 78.4 Å². The van der Waals surface area contributed by atoms with Gasteiger partial charge in [0.1, 0.15) is 0 Å². The van der Waals surface area contributed by atoms with Crippen LogP contribution in [0.5, 0.6) is 0 Å². The highest BCUT2D eigenvalue weighted by Gasteiger charge is 2.45. The number of fused-ring (bicyclic) bond motifs is 1. The van der Waals surface area contributed by atoms with Crippen molar-refractivity contribution in [2.24, 2.45) is 11.8 Å². The van der Waals surface area contributed by atoms with Gasteiger partial charge in [0.25, 0.3) is 5.91 Å². The molecule has 1 saturated carbocycles. The van der Waals surface area contributed by atoms with Crippen LogP contribution < -0.4 is 10.6 Å². The molecule has 1 aliphatic heterocycles. The number of carbonyl (C=O) groups excluding carboxylic acids is 2. The van der Waals surface area contributed by atoms with Gasteiger partial charge in [-0.3, -0.25) is 9.59 Å². The molecule has 2 atom stereocenters. The molecule has 2 aromatic rings. The quantitative estimate of drug-likeness (QED) is 0.391. The summed E-state index contributed by atoms with van der Waals surface area (Å²) in [7, 11) is -3.62. The molecule has 0 bridgehead atoms. The fraction of sp³-hybridized carbons (Fsp3) is 0.407. The zero-order chi connectivity index (χ0) is 24.8. The van der Waals surface area contributed by atoms with Crippen molar-refractivity contribution in [1.82, 2.24) is 14.9 Å². The summed E-state index contributed by atoms with van der Waals surface area (Å²) in [5.41, 5.74) is 1.74. The minimum atomic E-state index is -3.62. The maximum Gasteiger partial charge on any atom is 0.251 e. The average Bonchev–Trinajstić information content (AvgIpc) is 3.43. The molecule has 2 aliphatic rings. The molecule has 2 unspecified atom stereocenters. The second kappa shape index (κ2) is 11.2. The topological polar surface area (TPSA) is 95.6 Å². The van der Waals surface area contributed by atoms with E-state index in [0.717, 1.165) is 32.1 Å². The Bertz CT molecular complexity index is 1130. The van der Waals surface area contributed by atoms with E-state index in [1.54, 1.807) is 12.1 Å². The Hall–Kier alpha value is -2.97. The molecule has 0 spiro atoms. The summed E-state index contributed by atoms with van der Waals surface area (Å²) in [6.45, 7) is 4.97. The number of hydrogen-bond acceptors (Lipinski definition) is 4. The molecule has 186 valence electrons. The van der Waals surface area contributed by atoms with Crippen LogP contribution in [-0.2, 0) is 21.2 Å². The van der Waals surface area contributed by atoms with Gasteiger partial charge in [-0.2, -0.15) is 4.31 Å². The smallest absolute Gasteiger partial charge is 0.251 e. The molecule has 2 aromatic carbocycles. The number of nitrogens with zero attached hydrogens (tertiary/aromatic N) is 1. The van der Waals surface area contributed by atoms with Crippen LogP contribution in [0.4, 0.5) is 0 Å². The van der Waals surface area contributed by atoms with E-state index in [1.165, 1.54) is 28.1 Å². The first kappa shape index (κ1) is 25.1.